The van der Waals surface area contributed by atoms with Crippen molar-refractivity contribution in [3.63, 3.8) is 0 Å². The minimum atomic E-state index is -1.45. The summed E-state index contributed by atoms with van der Waals surface area (Å²) >= 11 is 2.06. The summed E-state index contributed by atoms with van der Waals surface area (Å²) in [5, 5.41) is 2.40. The Hall–Kier alpha value is 0.704. The third-order valence-corrected chi connectivity index (χ3v) is 12.0. The second kappa shape index (κ2) is 10.4. The lowest BCUT2D eigenvalue weighted by molar-refractivity contribution is 0.302. The van der Waals surface area contributed by atoms with Crippen LogP contribution in [0.25, 0.3) is 0 Å². The fraction of sp³-hybridized carbons (Fsp3) is 1.00. The van der Waals surface area contributed by atoms with Crippen molar-refractivity contribution >= 4 is 28.4 Å². The lowest BCUT2D eigenvalue weighted by Gasteiger charge is -2.26. The zero-order chi connectivity index (χ0) is 14.8. The number of hydrogen-bond donors (Lipinski definition) is 0. The molecule has 0 N–H and O–H groups in total. The van der Waals surface area contributed by atoms with Crippen LogP contribution in [-0.2, 0) is 8.85 Å². The third kappa shape index (κ3) is 12.2. The van der Waals surface area contributed by atoms with E-state index in [-0.39, 0.29) is 0 Å². The SMILES string of the molecule is CCCCO[Si](C)(C)CSC[Si](C)(C)OCCCC. The van der Waals surface area contributed by atoms with Crippen LogP contribution in [-0.4, -0.2) is 40.6 Å². The first-order valence-electron chi connectivity index (χ1n) is 7.68. The van der Waals surface area contributed by atoms with Gasteiger partial charge in [0, 0.05) is 24.0 Å². The topological polar surface area (TPSA) is 18.5 Å². The molecule has 0 aromatic heterocycles. The summed E-state index contributed by atoms with van der Waals surface area (Å²) in [5.74, 6) is 0. The van der Waals surface area contributed by atoms with E-state index in [0.29, 0.717) is 0 Å². The highest BCUT2D eigenvalue weighted by atomic mass is 32.2. The molecule has 0 heterocycles. The number of unbranched alkanes of at least 4 members (excludes halogenated alkanes) is 2. The van der Waals surface area contributed by atoms with Crippen molar-refractivity contribution < 1.29 is 8.85 Å². The first-order chi connectivity index (χ1) is 8.83. The molecule has 0 amide bonds. The van der Waals surface area contributed by atoms with Crippen molar-refractivity contribution in [2.75, 3.05) is 24.0 Å². The zero-order valence-corrected chi connectivity index (χ0v) is 16.7. The summed E-state index contributed by atoms with van der Waals surface area (Å²) in [7, 11) is -2.90. The van der Waals surface area contributed by atoms with Gasteiger partial charge in [-0.05, 0) is 39.0 Å². The molecule has 0 fully saturated rings. The van der Waals surface area contributed by atoms with Gasteiger partial charge >= 0.3 is 0 Å². The third-order valence-electron chi connectivity index (χ3n) is 2.88. The zero-order valence-electron chi connectivity index (χ0n) is 13.9. The van der Waals surface area contributed by atoms with E-state index < -0.39 is 16.6 Å². The van der Waals surface area contributed by atoms with Gasteiger partial charge in [-0.2, -0.15) is 11.8 Å². The number of hydrogen-bond acceptors (Lipinski definition) is 3. The Balaban J connectivity index is 3.79. The molecular formula is C14H34O2SSi2. The Labute approximate surface area is 127 Å². The molecule has 0 aliphatic heterocycles. The molecule has 0 saturated carbocycles. The molecule has 0 radical (unpaired) electrons. The molecule has 0 rings (SSSR count). The van der Waals surface area contributed by atoms with E-state index in [1.807, 2.05) is 0 Å². The smallest absolute Gasteiger partial charge is 0.196 e. The predicted octanol–water partition coefficient (Wildman–Crippen LogP) is 4.84. The average Bonchev–Trinajstić information content (AvgIpc) is 2.28. The van der Waals surface area contributed by atoms with E-state index in [4.69, 9.17) is 8.85 Å². The average molecular weight is 323 g/mol. The van der Waals surface area contributed by atoms with Gasteiger partial charge in [-0.25, -0.2) is 0 Å². The molecular weight excluding hydrogens is 288 g/mol. The summed E-state index contributed by atoms with van der Waals surface area (Å²) in [6, 6.07) is 0. The van der Waals surface area contributed by atoms with E-state index in [0.717, 1.165) is 13.2 Å². The Morgan fingerprint density at radius 2 is 1.11 bits per heavy atom. The van der Waals surface area contributed by atoms with Gasteiger partial charge in [0.15, 0.2) is 16.6 Å². The predicted molar refractivity (Wildman–Crippen MR) is 94.0 cm³/mol. The van der Waals surface area contributed by atoms with Crippen molar-refractivity contribution in [2.45, 2.75) is 65.7 Å². The Kier molecular flexibility index (Phi) is 10.8. The molecule has 0 aliphatic carbocycles. The fourth-order valence-electron chi connectivity index (χ4n) is 1.61. The number of rotatable bonds is 12. The normalized spacial score (nSPS) is 12.9. The molecule has 0 atom stereocenters. The first-order valence-corrected chi connectivity index (χ1v) is 15.1. The van der Waals surface area contributed by atoms with Crippen molar-refractivity contribution in [1.29, 1.82) is 0 Å². The van der Waals surface area contributed by atoms with Crippen molar-refractivity contribution in [3.8, 4) is 0 Å². The largest absolute Gasteiger partial charge is 0.417 e. The van der Waals surface area contributed by atoms with E-state index in [1.54, 1.807) is 0 Å². The Morgan fingerprint density at radius 1 is 0.737 bits per heavy atom. The fourth-order valence-corrected chi connectivity index (χ4v) is 8.93. The summed E-state index contributed by atoms with van der Waals surface area (Å²) in [6.07, 6.45) is 4.84. The van der Waals surface area contributed by atoms with Crippen LogP contribution in [0.3, 0.4) is 0 Å². The molecule has 0 saturated heterocycles. The summed E-state index contributed by atoms with van der Waals surface area (Å²) < 4.78 is 12.2. The van der Waals surface area contributed by atoms with Gasteiger partial charge in [0.2, 0.25) is 0 Å². The van der Waals surface area contributed by atoms with Crippen LogP contribution in [0.4, 0.5) is 0 Å². The summed E-state index contributed by atoms with van der Waals surface area (Å²) in [4.78, 5) is 0. The molecule has 0 unspecified atom stereocenters. The number of thioether (sulfide) groups is 1. The Bertz CT molecular complexity index is 201. The molecule has 0 aromatic carbocycles. The van der Waals surface area contributed by atoms with Crippen LogP contribution in [0.15, 0.2) is 0 Å². The van der Waals surface area contributed by atoms with Crippen LogP contribution >= 0.6 is 11.8 Å². The van der Waals surface area contributed by atoms with Gasteiger partial charge < -0.3 is 8.85 Å². The van der Waals surface area contributed by atoms with Crippen molar-refractivity contribution in [1.82, 2.24) is 0 Å². The van der Waals surface area contributed by atoms with Crippen LogP contribution in [0.1, 0.15) is 39.5 Å². The maximum absolute atomic E-state index is 6.08. The van der Waals surface area contributed by atoms with Crippen molar-refractivity contribution in [3.05, 3.63) is 0 Å². The van der Waals surface area contributed by atoms with Gasteiger partial charge in [-0.1, -0.05) is 26.7 Å². The molecule has 2 nitrogen and oxygen atoms in total. The lowest BCUT2D eigenvalue weighted by Crippen LogP contribution is -2.38. The highest BCUT2D eigenvalue weighted by Crippen LogP contribution is 2.19. The molecule has 0 aliphatic rings. The summed E-state index contributed by atoms with van der Waals surface area (Å²) in [5.41, 5.74) is 0. The van der Waals surface area contributed by atoms with Gasteiger partial charge in [-0.15, -0.1) is 0 Å². The molecule has 5 heteroatoms. The molecule has 0 bridgehead atoms. The summed E-state index contributed by atoms with van der Waals surface area (Å²) in [6.45, 7) is 15.7. The van der Waals surface area contributed by atoms with Gasteiger partial charge in [0.25, 0.3) is 0 Å². The van der Waals surface area contributed by atoms with E-state index >= 15 is 0 Å². The monoisotopic (exact) mass is 322 g/mol. The second-order valence-corrected chi connectivity index (χ2v) is 16.7. The quantitative estimate of drug-likeness (QED) is 0.378. The Morgan fingerprint density at radius 3 is 1.42 bits per heavy atom. The van der Waals surface area contributed by atoms with Crippen LogP contribution in [0, 0.1) is 0 Å². The minimum absolute atomic E-state index is 0.949. The van der Waals surface area contributed by atoms with Crippen molar-refractivity contribution in [2.24, 2.45) is 0 Å². The second-order valence-electron chi connectivity index (χ2n) is 6.42. The molecule has 116 valence electrons. The lowest BCUT2D eigenvalue weighted by atomic mass is 10.4. The van der Waals surface area contributed by atoms with E-state index in [9.17, 15) is 0 Å². The highest BCUT2D eigenvalue weighted by Gasteiger charge is 2.27. The standard InChI is InChI=1S/C14H34O2SSi2/c1-7-9-11-15-18(3,4)13-17-14-19(5,6)16-12-10-8-2/h7-14H2,1-6H3. The van der Waals surface area contributed by atoms with Crippen LogP contribution in [0.5, 0.6) is 0 Å². The molecule has 0 aromatic rings. The van der Waals surface area contributed by atoms with Gasteiger partial charge in [-0.3, -0.25) is 0 Å². The maximum atomic E-state index is 6.08. The van der Waals surface area contributed by atoms with Crippen LogP contribution in [0.2, 0.25) is 26.2 Å². The highest BCUT2D eigenvalue weighted by molar-refractivity contribution is 8.02. The minimum Gasteiger partial charge on any atom is -0.417 e. The van der Waals surface area contributed by atoms with Gasteiger partial charge in [0.05, 0.1) is 0 Å². The first kappa shape index (κ1) is 19.7. The van der Waals surface area contributed by atoms with E-state index in [2.05, 4.69) is 51.8 Å². The molecule has 0 spiro atoms. The molecule has 19 heavy (non-hydrogen) atoms. The van der Waals surface area contributed by atoms with Crippen LogP contribution < -0.4 is 0 Å². The van der Waals surface area contributed by atoms with Gasteiger partial charge in [0.1, 0.15) is 0 Å². The van der Waals surface area contributed by atoms with E-state index in [1.165, 1.54) is 36.4 Å². The maximum Gasteiger partial charge on any atom is 0.196 e.